The lowest BCUT2D eigenvalue weighted by Crippen LogP contribution is -2.28. The van der Waals surface area contributed by atoms with Gasteiger partial charge in [0.25, 0.3) is 0 Å². The van der Waals surface area contributed by atoms with Crippen molar-refractivity contribution in [2.45, 2.75) is 18.9 Å². The molecule has 0 bridgehead atoms. The van der Waals surface area contributed by atoms with Crippen LogP contribution in [0.5, 0.6) is 0 Å². The zero-order valence-electron chi connectivity index (χ0n) is 16.4. The van der Waals surface area contributed by atoms with Gasteiger partial charge in [-0.15, -0.1) is 0 Å². The fraction of sp³-hybridized carbons (Fsp3) is 0.160. The Morgan fingerprint density at radius 2 is 1.83 bits per heavy atom. The molecule has 0 aliphatic carbocycles. The van der Waals surface area contributed by atoms with Gasteiger partial charge in [0.1, 0.15) is 17.2 Å². The summed E-state index contributed by atoms with van der Waals surface area (Å²) in [4.78, 5) is 13.3. The summed E-state index contributed by atoms with van der Waals surface area (Å²) in [5.74, 6) is -0.660. The quantitative estimate of drug-likeness (QED) is 0.574. The van der Waals surface area contributed by atoms with Crippen LogP contribution in [-0.4, -0.2) is 23.5 Å². The highest BCUT2D eigenvalue weighted by Gasteiger charge is 2.44. The summed E-state index contributed by atoms with van der Waals surface area (Å²) in [6.45, 7) is 2.52. The van der Waals surface area contributed by atoms with Crippen LogP contribution in [0.25, 0.3) is 11.1 Å². The molecule has 0 amide bonds. The number of halogens is 2. The van der Waals surface area contributed by atoms with Crippen LogP contribution in [0.15, 0.2) is 82.6 Å². The van der Waals surface area contributed by atoms with E-state index >= 15 is 0 Å². The van der Waals surface area contributed by atoms with Crippen LogP contribution in [-0.2, 0) is 5.54 Å². The van der Waals surface area contributed by atoms with Crippen LogP contribution in [0.3, 0.4) is 0 Å². The van der Waals surface area contributed by atoms with Crippen LogP contribution in [0.4, 0.5) is 8.78 Å². The second-order valence-corrected chi connectivity index (χ2v) is 7.54. The van der Waals surface area contributed by atoms with E-state index in [9.17, 15) is 8.78 Å². The summed E-state index contributed by atoms with van der Waals surface area (Å²) in [5, 5.41) is 0. The van der Waals surface area contributed by atoms with Crippen molar-refractivity contribution < 1.29 is 8.78 Å². The van der Waals surface area contributed by atoms with Gasteiger partial charge in [0.05, 0.1) is 6.20 Å². The number of fused-ring (bicyclic) bond motifs is 1. The Bertz CT molecular complexity index is 1240. The molecule has 2 aliphatic rings. The Morgan fingerprint density at radius 3 is 2.63 bits per heavy atom. The van der Waals surface area contributed by atoms with E-state index in [0.29, 0.717) is 23.4 Å². The number of allylic oxidation sites excluding steroid dienone is 1. The van der Waals surface area contributed by atoms with Gasteiger partial charge in [-0.2, -0.15) is 0 Å². The molecular formula is C25H19F2N3. The molecule has 1 atom stereocenters. The summed E-state index contributed by atoms with van der Waals surface area (Å²) in [6, 6.07) is 14.5. The first-order valence-corrected chi connectivity index (χ1v) is 9.86. The highest BCUT2D eigenvalue weighted by atomic mass is 19.1. The molecule has 0 saturated heterocycles. The third-order valence-corrected chi connectivity index (χ3v) is 5.78. The average molecular weight is 399 g/mol. The van der Waals surface area contributed by atoms with Crippen LogP contribution in [0.1, 0.15) is 30.0 Å². The van der Waals surface area contributed by atoms with Crippen LogP contribution >= 0.6 is 0 Å². The van der Waals surface area contributed by atoms with Gasteiger partial charge in [0.2, 0.25) is 0 Å². The van der Waals surface area contributed by atoms with Gasteiger partial charge in [-0.1, -0.05) is 30.3 Å². The number of rotatable bonds is 3. The zero-order valence-corrected chi connectivity index (χ0v) is 16.4. The highest BCUT2D eigenvalue weighted by Crippen LogP contribution is 2.49. The lowest BCUT2D eigenvalue weighted by atomic mass is 9.75. The van der Waals surface area contributed by atoms with E-state index in [1.807, 2.05) is 43.3 Å². The molecule has 148 valence electrons. The maximum absolute atomic E-state index is 14.8. The molecule has 30 heavy (non-hydrogen) atoms. The van der Waals surface area contributed by atoms with Gasteiger partial charge >= 0.3 is 0 Å². The average Bonchev–Trinajstić information content (AvgIpc) is 3.09. The maximum Gasteiger partial charge on any atom is 0.142 e. The van der Waals surface area contributed by atoms with Gasteiger partial charge in [-0.05, 0) is 54.3 Å². The van der Waals surface area contributed by atoms with Crippen LogP contribution in [0.2, 0.25) is 0 Å². The van der Waals surface area contributed by atoms with E-state index in [2.05, 4.69) is 9.98 Å². The van der Waals surface area contributed by atoms with Crippen molar-refractivity contribution >= 4 is 11.9 Å². The van der Waals surface area contributed by atoms with E-state index < -0.39 is 5.54 Å². The van der Waals surface area contributed by atoms with Crippen molar-refractivity contribution in [3.05, 3.63) is 101 Å². The summed E-state index contributed by atoms with van der Waals surface area (Å²) in [7, 11) is 0. The lowest BCUT2D eigenvalue weighted by Gasteiger charge is -2.32. The summed E-state index contributed by atoms with van der Waals surface area (Å²) in [5.41, 5.74) is 4.72. The smallest absolute Gasteiger partial charge is 0.142 e. The van der Waals surface area contributed by atoms with Crippen molar-refractivity contribution in [2.75, 3.05) is 6.54 Å². The molecule has 0 N–H and O–H groups in total. The normalized spacial score (nSPS) is 20.0. The predicted molar refractivity (Wildman–Crippen MR) is 115 cm³/mol. The minimum Gasteiger partial charge on any atom is -0.293 e. The zero-order chi connectivity index (χ0) is 20.7. The van der Waals surface area contributed by atoms with Crippen LogP contribution in [0, 0.1) is 11.6 Å². The second kappa shape index (κ2) is 7.10. The fourth-order valence-corrected chi connectivity index (χ4v) is 4.49. The van der Waals surface area contributed by atoms with E-state index in [1.165, 1.54) is 18.3 Å². The number of hydrogen-bond acceptors (Lipinski definition) is 3. The third kappa shape index (κ3) is 2.81. The van der Waals surface area contributed by atoms with Crippen molar-refractivity contribution in [1.82, 2.24) is 4.98 Å². The highest BCUT2D eigenvalue weighted by molar-refractivity contribution is 6.04. The number of aliphatic imine (C=N–C) groups is 2. The SMILES string of the molecule is CC1=NC(C2=CC=NCC2)(c2cccc(-c3cncc(F)c3)c2)c2cccc(F)c21. The molecule has 0 fully saturated rings. The molecule has 3 heterocycles. The Balaban J connectivity index is 1.77. The minimum absolute atomic E-state index is 0.272. The molecule has 0 saturated carbocycles. The molecule has 0 spiro atoms. The van der Waals surface area contributed by atoms with Crippen molar-refractivity contribution in [1.29, 1.82) is 0 Å². The van der Waals surface area contributed by atoms with Crippen molar-refractivity contribution in [3.8, 4) is 11.1 Å². The summed E-state index contributed by atoms with van der Waals surface area (Å²) in [6.07, 6.45) is 7.33. The number of benzene rings is 2. The summed E-state index contributed by atoms with van der Waals surface area (Å²) >= 11 is 0. The number of nitrogens with zero attached hydrogens (tertiary/aromatic N) is 3. The molecule has 1 unspecified atom stereocenters. The summed E-state index contributed by atoms with van der Waals surface area (Å²) < 4.78 is 28.5. The Hall–Kier alpha value is -3.47. The first-order valence-electron chi connectivity index (χ1n) is 9.86. The van der Waals surface area contributed by atoms with E-state index in [0.717, 1.165) is 28.7 Å². The molecule has 1 aromatic heterocycles. The monoisotopic (exact) mass is 399 g/mol. The predicted octanol–water partition coefficient (Wildman–Crippen LogP) is 5.49. The van der Waals surface area contributed by atoms with Gasteiger partial charge < -0.3 is 0 Å². The van der Waals surface area contributed by atoms with E-state index in [1.54, 1.807) is 18.5 Å². The molecule has 3 aromatic rings. The molecule has 5 heteroatoms. The van der Waals surface area contributed by atoms with Crippen LogP contribution < -0.4 is 0 Å². The lowest BCUT2D eigenvalue weighted by molar-refractivity contribution is 0.600. The van der Waals surface area contributed by atoms with Gasteiger partial charge in [-0.3, -0.25) is 15.0 Å². The first kappa shape index (κ1) is 18.6. The van der Waals surface area contributed by atoms with Gasteiger partial charge in [-0.25, -0.2) is 8.78 Å². The van der Waals surface area contributed by atoms with Crippen molar-refractivity contribution in [3.63, 3.8) is 0 Å². The van der Waals surface area contributed by atoms with E-state index in [4.69, 9.17) is 4.99 Å². The number of hydrogen-bond donors (Lipinski definition) is 0. The van der Waals surface area contributed by atoms with Crippen molar-refractivity contribution in [2.24, 2.45) is 9.98 Å². The van der Waals surface area contributed by atoms with Gasteiger partial charge in [0.15, 0.2) is 0 Å². The number of pyridine rings is 1. The maximum atomic E-state index is 14.8. The molecule has 5 rings (SSSR count). The van der Waals surface area contributed by atoms with E-state index in [-0.39, 0.29) is 11.6 Å². The Labute approximate surface area is 173 Å². The second-order valence-electron chi connectivity index (χ2n) is 7.54. The fourth-order valence-electron chi connectivity index (χ4n) is 4.49. The standard InChI is InChI=1S/C25H19F2N3/c1-16-24-22(6-3-7-23(24)27)25(30-16,19-8-10-28-11-9-19)20-5-2-4-17(12-20)18-13-21(26)15-29-14-18/h2-8,10,12-15H,9,11H2,1H3. The van der Waals surface area contributed by atoms with Gasteiger partial charge in [0, 0.05) is 41.4 Å². The molecule has 2 aromatic carbocycles. The number of dihydropyridines is 1. The largest absolute Gasteiger partial charge is 0.293 e. The molecule has 3 nitrogen and oxygen atoms in total. The Morgan fingerprint density at radius 1 is 0.967 bits per heavy atom. The molecule has 0 radical (unpaired) electrons. The Kier molecular flexibility index (Phi) is 4.39. The third-order valence-electron chi connectivity index (χ3n) is 5.78. The molecule has 2 aliphatic heterocycles. The minimum atomic E-state index is -0.829. The first-order chi connectivity index (χ1) is 14.6. The molecular weight excluding hydrogens is 380 g/mol. The number of aromatic nitrogens is 1. The topological polar surface area (TPSA) is 37.6 Å².